The molecule has 1 amide bonds. The summed E-state index contributed by atoms with van der Waals surface area (Å²) >= 11 is 3.24. The molecule has 0 unspecified atom stereocenters. The van der Waals surface area contributed by atoms with Crippen LogP contribution in [0, 0.1) is 6.92 Å². The molecule has 3 N–H and O–H groups in total. The Morgan fingerprint density at radius 2 is 2.24 bits per heavy atom. The summed E-state index contributed by atoms with van der Waals surface area (Å²) < 4.78 is 0.756. The number of aliphatic hydroxyl groups excluding tert-OH is 1. The van der Waals surface area contributed by atoms with E-state index in [0.717, 1.165) is 10.0 Å². The molecule has 0 aromatic carbocycles. The third-order valence-corrected chi connectivity index (χ3v) is 2.90. The summed E-state index contributed by atoms with van der Waals surface area (Å²) in [4.78, 5) is 26.1. The Balaban J connectivity index is 2.82. The lowest BCUT2D eigenvalue weighted by atomic mass is 10.2. The lowest BCUT2D eigenvalue weighted by Gasteiger charge is -2.11. The summed E-state index contributed by atoms with van der Waals surface area (Å²) in [5.74, 6) is -1.93. The Morgan fingerprint density at radius 1 is 1.59 bits per heavy atom. The summed E-state index contributed by atoms with van der Waals surface area (Å²) in [6.45, 7) is 1.11. The van der Waals surface area contributed by atoms with Gasteiger partial charge in [0, 0.05) is 10.7 Å². The fourth-order valence-corrected chi connectivity index (χ4v) is 1.30. The second-order valence-electron chi connectivity index (χ2n) is 3.37. The summed E-state index contributed by atoms with van der Waals surface area (Å²) in [6.07, 6.45) is 1.46. The van der Waals surface area contributed by atoms with Crippen molar-refractivity contribution < 1.29 is 19.8 Å². The van der Waals surface area contributed by atoms with Gasteiger partial charge in [0.15, 0.2) is 6.04 Å². The normalized spacial score (nSPS) is 11.9. The van der Waals surface area contributed by atoms with Crippen LogP contribution in [0.3, 0.4) is 0 Å². The van der Waals surface area contributed by atoms with Crippen molar-refractivity contribution in [1.29, 1.82) is 0 Å². The van der Waals surface area contributed by atoms with E-state index in [9.17, 15) is 9.59 Å². The summed E-state index contributed by atoms with van der Waals surface area (Å²) in [6, 6.07) is 0.198. The number of carbonyl (C=O) groups excluding carboxylic acids is 1. The predicted octanol–water partition coefficient (Wildman–Crippen LogP) is 0.328. The minimum absolute atomic E-state index is 0.102. The van der Waals surface area contributed by atoms with Crippen molar-refractivity contribution in [3.05, 3.63) is 28.0 Å². The number of carbonyl (C=O) groups is 2. The van der Waals surface area contributed by atoms with E-state index in [1.807, 2.05) is 0 Å². The van der Waals surface area contributed by atoms with Gasteiger partial charge in [-0.05, 0) is 34.5 Å². The first kappa shape index (κ1) is 13.6. The van der Waals surface area contributed by atoms with Crippen molar-refractivity contribution in [2.24, 2.45) is 0 Å². The van der Waals surface area contributed by atoms with Crippen molar-refractivity contribution in [3.8, 4) is 0 Å². The standard InChI is InChI=1S/C10H11BrN2O4/c1-5-2-7(12-3-6(5)11)9(15)13-8(4-14)10(16)17/h2-3,8,14H,4H2,1H3,(H,13,15)(H,16,17)/t8-/m0/s1. The van der Waals surface area contributed by atoms with E-state index < -0.39 is 24.5 Å². The Bertz CT molecular complexity index is 450. The number of carboxylic acid groups (broad SMARTS) is 1. The van der Waals surface area contributed by atoms with Crippen molar-refractivity contribution in [2.45, 2.75) is 13.0 Å². The molecule has 1 aromatic heterocycles. The van der Waals surface area contributed by atoms with Crippen LogP contribution in [0.1, 0.15) is 16.1 Å². The molecule has 17 heavy (non-hydrogen) atoms. The largest absolute Gasteiger partial charge is 0.480 e. The van der Waals surface area contributed by atoms with Gasteiger partial charge in [-0.3, -0.25) is 4.79 Å². The molecule has 0 fully saturated rings. The van der Waals surface area contributed by atoms with E-state index in [4.69, 9.17) is 10.2 Å². The zero-order valence-corrected chi connectivity index (χ0v) is 10.6. The molecule has 0 radical (unpaired) electrons. The molecule has 0 aliphatic carbocycles. The fourth-order valence-electron chi connectivity index (χ4n) is 1.08. The monoisotopic (exact) mass is 302 g/mol. The molecule has 92 valence electrons. The van der Waals surface area contributed by atoms with Crippen LogP contribution in [0.2, 0.25) is 0 Å². The number of amides is 1. The number of aromatic nitrogens is 1. The highest BCUT2D eigenvalue weighted by molar-refractivity contribution is 9.10. The Kier molecular flexibility index (Phi) is 4.59. The molecule has 0 spiro atoms. The molecule has 6 nitrogen and oxygen atoms in total. The van der Waals surface area contributed by atoms with Crippen LogP contribution in [0.25, 0.3) is 0 Å². The van der Waals surface area contributed by atoms with Gasteiger partial charge < -0.3 is 15.5 Å². The van der Waals surface area contributed by atoms with E-state index in [1.165, 1.54) is 12.3 Å². The zero-order valence-electron chi connectivity index (χ0n) is 8.98. The topological polar surface area (TPSA) is 99.5 Å². The Hall–Kier alpha value is -1.47. The van der Waals surface area contributed by atoms with Crippen LogP contribution in [0.4, 0.5) is 0 Å². The number of carboxylic acids is 1. The average Bonchev–Trinajstić information content (AvgIpc) is 2.28. The molecule has 1 aromatic rings. The third kappa shape index (κ3) is 3.50. The smallest absolute Gasteiger partial charge is 0.328 e. The second kappa shape index (κ2) is 5.74. The molecule has 1 heterocycles. The van der Waals surface area contributed by atoms with Gasteiger partial charge in [-0.25, -0.2) is 9.78 Å². The van der Waals surface area contributed by atoms with E-state index in [2.05, 4.69) is 26.2 Å². The number of hydrogen-bond donors (Lipinski definition) is 3. The van der Waals surface area contributed by atoms with E-state index in [-0.39, 0.29) is 5.69 Å². The molecule has 0 saturated heterocycles. The van der Waals surface area contributed by atoms with E-state index in [1.54, 1.807) is 6.92 Å². The van der Waals surface area contributed by atoms with E-state index >= 15 is 0 Å². The van der Waals surface area contributed by atoms with Gasteiger partial charge in [-0.1, -0.05) is 0 Å². The number of rotatable bonds is 4. The third-order valence-electron chi connectivity index (χ3n) is 2.07. The maximum Gasteiger partial charge on any atom is 0.328 e. The number of aryl methyl sites for hydroxylation is 1. The van der Waals surface area contributed by atoms with Crippen molar-refractivity contribution >= 4 is 27.8 Å². The van der Waals surface area contributed by atoms with Gasteiger partial charge >= 0.3 is 5.97 Å². The summed E-state index contributed by atoms with van der Waals surface area (Å²) in [7, 11) is 0. The van der Waals surface area contributed by atoms with Gasteiger partial charge in [0.25, 0.3) is 5.91 Å². The van der Waals surface area contributed by atoms with Crippen molar-refractivity contribution in [2.75, 3.05) is 6.61 Å². The fraction of sp³-hybridized carbons (Fsp3) is 0.300. The number of nitrogens with one attached hydrogen (secondary N) is 1. The minimum Gasteiger partial charge on any atom is -0.480 e. The van der Waals surface area contributed by atoms with E-state index in [0.29, 0.717) is 0 Å². The minimum atomic E-state index is -1.33. The van der Waals surface area contributed by atoms with Gasteiger partial charge in [0.2, 0.25) is 0 Å². The molecule has 0 aliphatic heterocycles. The number of hydrogen-bond acceptors (Lipinski definition) is 4. The van der Waals surface area contributed by atoms with Crippen LogP contribution in [0.5, 0.6) is 0 Å². The average molecular weight is 303 g/mol. The number of aliphatic hydroxyl groups is 1. The lowest BCUT2D eigenvalue weighted by Crippen LogP contribution is -2.43. The molecule has 0 saturated carbocycles. The summed E-state index contributed by atoms with van der Waals surface area (Å²) in [5, 5.41) is 19.6. The van der Waals surface area contributed by atoms with Crippen molar-refractivity contribution in [3.63, 3.8) is 0 Å². The molecule has 1 atom stereocenters. The van der Waals surface area contributed by atoms with Gasteiger partial charge in [0.1, 0.15) is 5.69 Å². The SMILES string of the molecule is Cc1cc(C(=O)N[C@@H](CO)C(=O)O)ncc1Br. The first-order valence-electron chi connectivity index (χ1n) is 4.72. The van der Waals surface area contributed by atoms with Crippen LogP contribution in [-0.2, 0) is 4.79 Å². The Labute approximate surface area is 106 Å². The molecule has 1 rings (SSSR count). The first-order chi connectivity index (χ1) is 7.95. The molecule has 0 aliphatic rings. The maximum atomic E-state index is 11.6. The van der Waals surface area contributed by atoms with Gasteiger partial charge in [-0.15, -0.1) is 0 Å². The maximum absolute atomic E-state index is 11.6. The highest BCUT2D eigenvalue weighted by atomic mass is 79.9. The first-order valence-corrected chi connectivity index (χ1v) is 5.51. The number of halogens is 1. The molecule has 7 heteroatoms. The highest BCUT2D eigenvalue weighted by Crippen LogP contribution is 2.14. The highest BCUT2D eigenvalue weighted by Gasteiger charge is 2.20. The number of pyridine rings is 1. The Morgan fingerprint density at radius 3 is 2.71 bits per heavy atom. The van der Waals surface area contributed by atoms with Gasteiger partial charge in [-0.2, -0.15) is 0 Å². The van der Waals surface area contributed by atoms with Crippen LogP contribution in [-0.4, -0.2) is 39.7 Å². The second-order valence-corrected chi connectivity index (χ2v) is 4.22. The number of aliphatic carboxylic acids is 1. The van der Waals surface area contributed by atoms with Crippen LogP contribution >= 0.6 is 15.9 Å². The summed E-state index contributed by atoms with van der Waals surface area (Å²) in [5.41, 5.74) is 0.909. The molecular formula is C10H11BrN2O4. The quantitative estimate of drug-likeness (QED) is 0.744. The molecular weight excluding hydrogens is 292 g/mol. The van der Waals surface area contributed by atoms with Gasteiger partial charge in [0.05, 0.1) is 6.61 Å². The van der Waals surface area contributed by atoms with Crippen molar-refractivity contribution in [1.82, 2.24) is 10.3 Å². The zero-order chi connectivity index (χ0) is 13.0. The van der Waals surface area contributed by atoms with Crippen LogP contribution in [0.15, 0.2) is 16.7 Å². The number of nitrogens with zero attached hydrogens (tertiary/aromatic N) is 1. The van der Waals surface area contributed by atoms with Crippen LogP contribution < -0.4 is 5.32 Å². The molecule has 0 bridgehead atoms. The predicted molar refractivity (Wildman–Crippen MR) is 62.6 cm³/mol. The lowest BCUT2D eigenvalue weighted by molar-refractivity contribution is -0.140.